The minimum absolute atomic E-state index is 0.128. The predicted molar refractivity (Wildman–Crippen MR) is 40.6 cm³/mol. The van der Waals surface area contributed by atoms with Crippen LogP contribution in [0.2, 0.25) is 0 Å². The summed E-state index contributed by atoms with van der Waals surface area (Å²) in [6.07, 6.45) is -0.674. The molecule has 0 spiro atoms. The summed E-state index contributed by atoms with van der Waals surface area (Å²) in [7, 11) is 0. The third-order valence-electron chi connectivity index (χ3n) is 0.995. The van der Waals surface area contributed by atoms with Gasteiger partial charge in [0.25, 0.3) is 0 Å². The van der Waals surface area contributed by atoms with Crippen LogP contribution in [0.3, 0.4) is 0 Å². The second-order valence-corrected chi connectivity index (χ2v) is 2.27. The average Bonchev–Trinajstić information content (AvgIpc) is 1.86. The molecule has 4 heteroatoms. The maximum atomic E-state index is 10.7. The van der Waals surface area contributed by atoms with Gasteiger partial charge < -0.3 is 15.6 Å². The summed E-state index contributed by atoms with van der Waals surface area (Å²) in [5.41, 5.74) is 5.34. The smallest absolute Gasteiger partial charge is 0.333 e. The Balaban J connectivity index is 3.40. The Labute approximate surface area is 65.6 Å². The minimum atomic E-state index is -0.923. The summed E-state index contributed by atoms with van der Waals surface area (Å²) in [4.78, 5) is 10.7. The van der Waals surface area contributed by atoms with Crippen molar-refractivity contribution in [3.05, 3.63) is 12.2 Å². The van der Waals surface area contributed by atoms with Gasteiger partial charge in [-0.2, -0.15) is 0 Å². The van der Waals surface area contributed by atoms with Crippen molar-refractivity contribution in [1.82, 2.24) is 0 Å². The van der Waals surface area contributed by atoms with Gasteiger partial charge in [-0.25, -0.2) is 4.79 Å². The molecule has 64 valence electrons. The molecule has 0 radical (unpaired) electrons. The van der Waals surface area contributed by atoms with Crippen LogP contribution in [0.15, 0.2) is 12.2 Å². The van der Waals surface area contributed by atoms with Gasteiger partial charge in [-0.1, -0.05) is 6.58 Å². The van der Waals surface area contributed by atoms with E-state index < -0.39 is 12.2 Å². The molecule has 0 aromatic carbocycles. The predicted octanol–water partition coefficient (Wildman–Crippen LogP) is -0.227. The van der Waals surface area contributed by atoms with E-state index in [0.29, 0.717) is 5.57 Å². The minimum Gasteiger partial charge on any atom is -0.462 e. The van der Waals surface area contributed by atoms with Gasteiger partial charge in [0, 0.05) is 12.0 Å². The first-order valence-electron chi connectivity index (χ1n) is 3.30. The SMILES string of the molecule is C=C(C)C(=O)OCCC(N)O. The Bertz CT molecular complexity index is 154. The highest BCUT2D eigenvalue weighted by molar-refractivity contribution is 5.86. The van der Waals surface area contributed by atoms with Gasteiger partial charge in [0.05, 0.1) is 6.61 Å². The van der Waals surface area contributed by atoms with Crippen LogP contribution >= 0.6 is 0 Å². The Kier molecular flexibility index (Phi) is 4.49. The first kappa shape index (κ1) is 10.1. The molecule has 0 aromatic heterocycles. The highest BCUT2D eigenvalue weighted by atomic mass is 16.5. The molecule has 1 unspecified atom stereocenters. The third kappa shape index (κ3) is 5.57. The number of carbonyl (C=O) groups excluding carboxylic acids is 1. The summed E-state index contributed by atoms with van der Waals surface area (Å²) in [5, 5.41) is 8.57. The van der Waals surface area contributed by atoms with Gasteiger partial charge in [0.15, 0.2) is 0 Å². The lowest BCUT2D eigenvalue weighted by Crippen LogP contribution is -2.21. The second kappa shape index (κ2) is 4.87. The molecule has 0 saturated heterocycles. The Morgan fingerprint density at radius 1 is 1.82 bits per heavy atom. The lowest BCUT2D eigenvalue weighted by molar-refractivity contribution is -0.139. The Morgan fingerprint density at radius 3 is 2.73 bits per heavy atom. The van der Waals surface area contributed by atoms with Crippen molar-refractivity contribution in [2.45, 2.75) is 19.6 Å². The summed E-state index contributed by atoms with van der Waals surface area (Å²) in [6.45, 7) is 5.07. The summed E-state index contributed by atoms with van der Waals surface area (Å²) in [6, 6.07) is 0. The molecular weight excluding hydrogens is 146 g/mol. The topological polar surface area (TPSA) is 72.5 Å². The van der Waals surface area contributed by atoms with Gasteiger partial charge in [0.2, 0.25) is 0 Å². The number of ether oxygens (including phenoxy) is 1. The van der Waals surface area contributed by atoms with Gasteiger partial charge in [-0.3, -0.25) is 0 Å². The van der Waals surface area contributed by atoms with Gasteiger partial charge in [-0.15, -0.1) is 0 Å². The number of hydrogen-bond acceptors (Lipinski definition) is 4. The normalized spacial score (nSPS) is 12.3. The van der Waals surface area contributed by atoms with E-state index in [0.717, 1.165) is 0 Å². The van der Waals surface area contributed by atoms with Crippen molar-refractivity contribution in [1.29, 1.82) is 0 Å². The molecule has 0 rings (SSSR count). The molecular formula is C7H13NO3. The van der Waals surface area contributed by atoms with Crippen molar-refractivity contribution in [3.63, 3.8) is 0 Å². The van der Waals surface area contributed by atoms with Gasteiger partial charge in [-0.05, 0) is 6.92 Å². The Morgan fingerprint density at radius 2 is 2.36 bits per heavy atom. The fraction of sp³-hybridized carbons (Fsp3) is 0.571. The Hall–Kier alpha value is -0.870. The van der Waals surface area contributed by atoms with Crippen molar-refractivity contribution in [2.75, 3.05) is 6.61 Å². The quantitative estimate of drug-likeness (QED) is 0.338. The summed E-state index contributed by atoms with van der Waals surface area (Å²) >= 11 is 0. The van der Waals surface area contributed by atoms with Crippen LogP contribution in [0.4, 0.5) is 0 Å². The van der Waals surface area contributed by atoms with Crippen LogP contribution < -0.4 is 5.73 Å². The number of nitrogens with two attached hydrogens (primary N) is 1. The first-order valence-corrected chi connectivity index (χ1v) is 3.30. The molecule has 0 saturated carbocycles. The van der Waals surface area contributed by atoms with Crippen LogP contribution in [0, 0.1) is 0 Å². The van der Waals surface area contributed by atoms with Crippen LogP contribution in [-0.4, -0.2) is 23.9 Å². The first-order chi connectivity index (χ1) is 5.04. The average molecular weight is 159 g/mol. The van der Waals surface area contributed by atoms with Crippen molar-refractivity contribution < 1.29 is 14.6 Å². The lowest BCUT2D eigenvalue weighted by atomic mass is 10.3. The third-order valence-corrected chi connectivity index (χ3v) is 0.995. The lowest BCUT2D eigenvalue weighted by Gasteiger charge is -2.05. The molecule has 0 aliphatic rings. The molecule has 0 aliphatic heterocycles. The van der Waals surface area contributed by atoms with Crippen LogP contribution in [-0.2, 0) is 9.53 Å². The van der Waals surface area contributed by atoms with E-state index in [9.17, 15) is 4.79 Å². The highest BCUT2D eigenvalue weighted by Crippen LogP contribution is 1.93. The maximum absolute atomic E-state index is 10.7. The summed E-state index contributed by atoms with van der Waals surface area (Å²) < 4.78 is 4.64. The fourth-order valence-corrected chi connectivity index (χ4v) is 0.396. The van der Waals surface area contributed by atoms with E-state index in [1.54, 1.807) is 6.92 Å². The number of aliphatic hydroxyl groups is 1. The van der Waals surface area contributed by atoms with E-state index >= 15 is 0 Å². The molecule has 0 amide bonds. The molecule has 0 bridgehead atoms. The molecule has 3 N–H and O–H groups in total. The standard InChI is InChI=1S/C7H13NO3/c1-5(2)7(10)11-4-3-6(8)9/h6,9H,1,3-4,8H2,2H3. The van der Waals surface area contributed by atoms with Gasteiger partial charge in [0.1, 0.15) is 6.23 Å². The van der Waals surface area contributed by atoms with E-state index in [-0.39, 0.29) is 13.0 Å². The van der Waals surface area contributed by atoms with E-state index in [1.807, 2.05) is 0 Å². The molecule has 0 aromatic rings. The largest absolute Gasteiger partial charge is 0.462 e. The molecule has 0 aliphatic carbocycles. The fourth-order valence-electron chi connectivity index (χ4n) is 0.396. The van der Waals surface area contributed by atoms with Crippen LogP contribution in [0.25, 0.3) is 0 Å². The monoisotopic (exact) mass is 159 g/mol. The zero-order valence-electron chi connectivity index (χ0n) is 6.54. The van der Waals surface area contributed by atoms with Crippen LogP contribution in [0.5, 0.6) is 0 Å². The van der Waals surface area contributed by atoms with Crippen molar-refractivity contribution in [2.24, 2.45) is 5.73 Å². The molecule has 4 nitrogen and oxygen atoms in total. The number of hydrogen-bond donors (Lipinski definition) is 2. The zero-order chi connectivity index (χ0) is 8.85. The molecule has 11 heavy (non-hydrogen) atoms. The van der Waals surface area contributed by atoms with E-state index in [2.05, 4.69) is 11.3 Å². The van der Waals surface area contributed by atoms with Gasteiger partial charge >= 0.3 is 5.97 Å². The van der Waals surface area contributed by atoms with E-state index in [4.69, 9.17) is 10.8 Å². The number of rotatable bonds is 4. The summed E-state index contributed by atoms with van der Waals surface area (Å²) in [5.74, 6) is -0.453. The number of esters is 1. The number of aliphatic hydroxyl groups excluding tert-OH is 1. The van der Waals surface area contributed by atoms with Crippen molar-refractivity contribution in [3.8, 4) is 0 Å². The molecule has 0 fully saturated rings. The maximum Gasteiger partial charge on any atom is 0.333 e. The highest BCUT2D eigenvalue weighted by Gasteiger charge is 2.03. The van der Waals surface area contributed by atoms with E-state index in [1.165, 1.54) is 0 Å². The van der Waals surface area contributed by atoms with Crippen molar-refractivity contribution >= 4 is 5.97 Å². The zero-order valence-corrected chi connectivity index (χ0v) is 6.54. The second-order valence-electron chi connectivity index (χ2n) is 2.27. The molecule has 0 heterocycles. The van der Waals surface area contributed by atoms with Crippen LogP contribution in [0.1, 0.15) is 13.3 Å². The number of carbonyl (C=O) groups is 1. The molecule has 1 atom stereocenters.